The summed E-state index contributed by atoms with van der Waals surface area (Å²) in [6.45, 7) is 5.67. The minimum Gasteiger partial charge on any atom is -0.479 e. The molecule has 0 saturated carbocycles. The van der Waals surface area contributed by atoms with E-state index in [0.29, 0.717) is 19.3 Å². The lowest BCUT2D eigenvalue weighted by molar-refractivity contribution is -0.301. The van der Waals surface area contributed by atoms with Crippen molar-refractivity contribution < 1.29 is 58.2 Å². The third-order valence-corrected chi connectivity index (χ3v) is 12.3. The SMILES string of the molecule is CC/C=C\C/C=C\C/C=C\C/C=C\C/C=C\CCCCCC(=O)OCC(COC1OC(C(=O)O)C(O)C(O)C1OC(=O)CCCCCCCCCCCCC)OC(=O)CCCC/C=C\C/C=C\C/C=C\C/C=C\CC. The number of allylic oxidation sites excluding steroid dienone is 18. The molecule has 1 rings (SSSR count). The maximum Gasteiger partial charge on any atom is 0.335 e. The number of rotatable bonds is 47. The maximum absolute atomic E-state index is 13.1. The molecule has 0 aromatic carbocycles. The van der Waals surface area contributed by atoms with Crippen LogP contribution < -0.4 is 0 Å². The van der Waals surface area contributed by atoms with Crippen molar-refractivity contribution in [2.75, 3.05) is 13.2 Å². The summed E-state index contributed by atoms with van der Waals surface area (Å²) in [6.07, 6.45) is 55.0. The highest BCUT2D eigenvalue weighted by atomic mass is 16.7. The van der Waals surface area contributed by atoms with E-state index in [4.69, 9.17) is 23.7 Å². The van der Waals surface area contributed by atoms with E-state index in [9.17, 15) is 34.5 Å². The molecule has 12 nitrogen and oxygen atoms in total. The number of aliphatic hydroxyl groups is 2. The predicted molar refractivity (Wildman–Crippen MR) is 303 cm³/mol. The molecular weight excluding hydrogens is 949 g/mol. The van der Waals surface area contributed by atoms with Gasteiger partial charge in [0, 0.05) is 19.3 Å². The second-order valence-electron chi connectivity index (χ2n) is 19.2. The number of ether oxygens (including phenoxy) is 5. The Bertz CT molecular complexity index is 1720. The van der Waals surface area contributed by atoms with Crippen LogP contribution in [0, 0.1) is 0 Å². The van der Waals surface area contributed by atoms with Crippen molar-refractivity contribution in [2.45, 2.75) is 250 Å². The van der Waals surface area contributed by atoms with Gasteiger partial charge in [0.15, 0.2) is 24.6 Å². The number of aliphatic carboxylic acids is 1. The number of carboxylic acids is 1. The molecule has 6 atom stereocenters. The van der Waals surface area contributed by atoms with Crippen LogP contribution in [0.25, 0.3) is 0 Å². The van der Waals surface area contributed by atoms with E-state index in [1.165, 1.54) is 38.5 Å². The molecule has 0 radical (unpaired) electrons. The molecule has 1 saturated heterocycles. The highest BCUT2D eigenvalue weighted by Gasteiger charge is 2.50. The summed E-state index contributed by atoms with van der Waals surface area (Å²) < 4.78 is 28.3. The van der Waals surface area contributed by atoms with Gasteiger partial charge >= 0.3 is 23.9 Å². The van der Waals surface area contributed by atoms with Gasteiger partial charge in [0.25, 0.3) is 0 Å². The third-order valence-electron chi connectivity index (χ3n) is 12.3. The smallest absolute Gasteiger partial charge is 0.335 e. The summed E-state index contributed by atoms with van der Waals surface area (Å²) in [7, 11) is 0. The number of aliphatic hydroxyl groups excluding tert-OH is 2. The fraction of sp³-hybridized carbons (Fsp3) is 0.651. The zero-order valence-corrected chi connectivity index (χ0v) is 46.5. The molecule has 12 heteroatoms. The third kappa shape index (κ3) is 40.3. The zero-order valence-electron chi connectivity index (χ0n) is 46.5. The lowest BCUT2D eigenvalue weighted by atomic mass is 9.98. The molecule has 6 unspecified atom stereocenters. The van der Waals surface area contributed by atoms with Crippen molar-refractivity contribution >= 4 is 23.9 Å². The molecule has 1 aliphatic rings. The van der Waals surface area contributed by atoms with Crippen LogP contribution in [0.2, 0.25) is 0 Å². The quantitative estimate of drug-likeness (QED) is 0.0228. The number of esters is 3. The molecule has 1 fully saturated rings. The van der Waals surface area contributed by atoms with Crippen LogP contribution >= 0.6 is 0 Å². The Morgan fingerprint density at radius 1 is 0.453 bits per heavy atom. The zero-order chi connectivity index (χ0) is 54.7. The molecule has 424 valence electrons. The summed E-state index contributed by atoms with van der Waals surface area (Å²) in [5.41, 5.74) is 0. The first kappa shape index (κ1) is 68.4. The molecule has 0 bridgehead atoms. The largest absolute Gasteiger partial charge is 0.479 e. The molecule has 0 amide bonds. The Morgan fingerprint density at radius 2 is 0.840 bits per heavy atom. The summed E-state index contributed by atoms with van der Waals surface area (Å²) in [5.74, 6) is -3.23. The van der Waals surface area contributed by atoms with Gasteiger partial charge in [0.2, 0.25) is 0 Å². The summed E-state index contributed by atoms with van der Waals surface area (Å²) >= 11 is 0. The molecule has 0 aromatic heterocycles. The van der Waals surface area contributed by atoms with Crippen molar-refractivity contribution in [2.24, 2.45) is 0 Å². The van der Waals surface area contributed by atoms with Crippen molar-refractivity contribution in [1.82, 2.24) is 0 Å². The normalized spacial score (nSPS) is 19.0. The first-order chi connectivity index (χ1) is 36.6. The fourth-order valence-electron chi connectivity index (χ4n) is 7.97. The highest BCUT2D eigenvalue weighted by Crippen LogP contribution is 2.26. The van der Waals surface area contributed by atoms with E-state index in [2.05, 4.69) is 130 Å². The number of carbonyl (C=O) groups excluding carboxylic acids is 3. The van der Waals surface area contributed by atoms with Gasteiger partial charge in [0.1, 0.15) is 18.8 Å². The molecular formula is C63H100O12. The number of hydrogen-bond donors (Lipinski definition) is 3. The van der Waals surface area contributed by atoms with Crippen LogP contribution in [0.5, 0.6) is 0 Å². The molecule has 1 aliphatic heterocycles. The first-order valence-electron chi connectivity index (χ1n) is 28.9. The average Bonchev–Trinajstić information content (AvgIpc) is 3.39. The molecule has 3 N–H and O–H groups in total. The van der Waals surface area contributed by atoms with Gasteiger partial charge in [-0.1, -0.05) is 201 Å². The van der Waals surface area contributed by atoms with Crippen LogP contribution in [0.1, 0.15) is 213 Å². The van der Waals surface area contributed by atoms with Crippen LogP contribution in [-0.2, 0) is 42.9 Å². The van der Waals surface area contributed by atoms with Crippen molar-refractivity contribution in [3.8, 4) is 0 Å². The Kier molecular flexibility index (Phi) is 45.8. The van der Waals surface area contributed by atoms with Crippen molar-refractivity contribution in [1.29, 1.82) is 0 Å². The van der Waals surface area contributed by atoms with E-state index >= 15 is 0 Å². The number of carbonyl (C=O) groups is 4. The molecule has 0 aromatic rings. The summed E-state index contributed by atoms with van der Waals surface area (Å²) in [4.78, 5) is 51.0. The Hall–Kier alpha value is -4.62. The minimum atomic E-state index is -1.92. The summed E-state index contributed by atoms with van der Waals surface area (Å²) in [6, 6.07) is 0. The second kappa shape index (κ2) is 50.2. The molecule has 0 spiro atoms. The lowest BCUT2D eigenvalue weighted by Gasteiger charge is -2.40. The van der Waals surface area contributed by atoms with Gasteiger partial charge in [-0.25, -0.2) is 4.79 Å². The van der Waals surface area contributed by atoms with Crippen LogP contribution in [0.15, 0.2) is 109 Å². The molecule has 1 heterocycles. The Balaban J connectivity index is 2.75. The first-order valence-corrected chi connectivity index (χ1v) is 28.9. The van der Waals surface area contributed by atoms with Crippen molar-refractivity contribution in [3.05, 3.63) is 109 Å². The second-order valence-corrected chi connectivity index (χ2v) is 19.2. The number of unbranched alkanes of at least 4 members (excludes halogenated alkanes) is 15. The van der Waals surface area contributed by atoms with Gasteiger partial charge < -0.3 is 39.0 Å². The lowest BCUT2D eigenvalue weighted by Crippen LogP contribution is -2.61. The topological polar surface area (TPSA) is 175 Å². The number of hydrogen-bond acceptors (Lipinski definition) is 11. The van der Waals surface area contributed by atoms with Gasteiger partial charge in [0.05, 0.1) is 6.61 Å². The predicted octanol–water partition coefficient (Wildman–Crippen LogP) is 14.7. The van der Waals surface area contributed by atoms with Crippen molar-refractivity contribution in [3.63, 3.8) is 0 Å². The average molecular weight is 1050 g/mol. The van der Waals surface area contributed by atoms with Gasteiger partial charge in [-0.3, -0.25) is 14.4 Å². The van der Waals surface area contributed by atoms with E-state index in [1.54, 1.807) is 0 Å². The minimum absolute atomic E-state index is 0.0489. The van der Waals surface area contributed by atoms with Crippen LogP contribution in [0.4, 0.5) is 0 Å². The molecule has 0 aliphatic carbocycles. The van der Waals surface area contributed by atoms with Crippen LogP contribution in [-0.4, -0.2) is 89.2 Å². The van der Waals surface area contributed by atoms with E-state index in [1.807, 2.05) is 0 Å². The highest BCUT2D eigenvalue weighted by molar-refractivity contribution is 5.74. The Labute approximate surface area is 453 Å². The van der Waals surface area contributed by atoms with E-state index in [0.717, 1.165) is 116 Å². The van der Waals surface area contributed by atoms with E-state index < -0.39 is 67.3 Å². The van der Waals surface area contributed by atoms with Gasteiger partial charge in [-0.05, 0) is 103 Å². The van der Waals surface area contributed by atoms with E-state index in [-0.39, 0.29) is 25.9 Å². The summed E-state index contributed by atoms with van der Waals surface area (Å²) in [5, 5.41) is 31.4. The maximum atomic E-state index is 13.1. The monoisotopic (exact) mass is 1050 g/mol. The standard InChI is InChI=1S/C63H100O12/c1-4-7-10-13-16-19-22-24-26-27-28-29-31-32-35-37-40-43-46-49-55(64)71-52-54(73-56(65)50-47-44-41-39-36-33-30-25-23-20-17-14-11-8-5-2)53-72-63-61(59(68)58(67)60(75-63)62(69)70)74-57(66)51-48-45-42-38-34-21-18-15-12-9-6-3/h7-8,10-11,16-17,19-20,24-26,28-30,32,35-36,39,54,58-61,63,67-68H,4-6,9,12-15,18,21-23,27,31,33-34,37-38,40-53H2,1-3H3,(H,69,70)/b10-7-,11-8-,19-16-,20-17-,26-24-,29-28-,30-25-,35-32-,39-36-. The van der Waals surface area contributed by atoms with Gasteiger partial charge in [-0.15, -0.1) is 0 Å². The number of carboxylic acid groups (broad SMARTS) is 1. The van der Waals surface area contributed by atoms with Gasteiger partial charge in [-0.2, -0.15) is 0 Å². The Morgan fingerprint density at radius 3 is 1.31 bits per heavy atom. The van der Waals surface area contributed by atoms with Crippen LogP contribution in [0.3, 0.4) is 0 Å². The molecule has 75 heavy (non-hydrogen) atoms. The fourth-order valence-corrected chi connectivity index (χ4v) is 7.97.